The Hall–Kier alpha value is -4.98. The molecule has 34 heavy (non-hydrogen) atoms. The minimum absolute atomic E-state index is 0.182. The zero-order chi connectivity index (χ0) is 23.5. The van der Waals surface area contributed by atoms with E-state index < -0.39 is 5.91 Å². The zero-order valence-corrected chi connectivity index (χ0v) is 18.0. The van der Waals surface area contributed by atoms with Crippen LogP contribution >= 0.6 is 0 Å². The van der Waals surface area contributed by atoms with Crippen molar-refractivity contribution in [3.05, 3.63) is 115 Å². The quantitative estimate of drug-likeness (QED) is 0.408. The first kappa shape index (κ1) is 20.9. The van der Waals surface area contributed by atoms with Gasteiger partial charge in [0.25, 0.3) is 11.8 Å². The second-order valence-corrected chi connectivity index (χ2v) is 7.55. The predicted octanol–water partition coefficient (Wildman–Crippen LogP) is 4.08. The summed E-state index contributed by atoms with van der Waals surface area (Å²) in [5, 5.41) is 11.8. The van der Waals surface area contributed by atoms with Crippen molar-refractivity contribution in [3.8, 4) is 22.6 Å². The fraction of sp³-hybridized carbons (Fsp3) is 0. The number of rotatable bonds is 6. The largest absolute Gasteiger partial charge is 0.364 e. The van der Waals surface area contributed by atoms with Crippen LogP contribution in [-0.4, -0.2) is 31.4 Å². The highest BCUT2D eigenvalue weighted by Crippen LogP contribution is 2.25. The maximum absolute atomic E-state index is 13.3. The summed E-state index contributed by atoms with van der Waals surface area (Å²) in [6.07, 6.45) is 3.38. The van der Waals surface area contributed by atoms with Gasteiger partial charge in [0.05, 0.1) is 16.9 Å². The first-order valence-electron chi connectivity index (χ1n) is 10.6. The van der Waals surface area contributed by atoms with Gasteiger partial charge in [0.1, 0.15) is 11.4 Å². The Morgan fingerprint density at radius 1 is 0.735 bits per heavy atom. The van der Waals surface area contributed by atoms with E-state index in [0.717, 1.165) is 16.9 Å². The van der Waals surface area contributed by atoms with E-state index in [1.807, 2.05) is 60.7 Å². The molecule has 0 aliphatic heterocycles. The molecule has 0 bridgehead atoms. The van der Waals surface area contributed by atoms with Crippen molar-refractivity contribution in [1.29, 1.82) is 0 Å². The van der Waals surface area contributed by atoms with Crippen molar-refractivity contribution < 1.29 is 9.59 Å². The van der Waals surface area contributed by atoms with Crippen LogP contribution < -0.4 is 11.1 Å². The van der Waals surface area contributed by atoms with Crippen molar-refractivity contribution in [2.45, 2.75) is 0 Å². The fourth-order valence-electron chi connectivity index (χ4n) is 3.56. The van der Waals surface area contributed by atoms with E-state index in [0.29, 0.717) is 16.9 Å². The molecule has 0 atom stereocenters. The van der Waals surface area contributed by atoms with Crippen LogP contribution in [0, 0.1) is 0 Å². The third kappa shape index (κ3) is 4.20. The van der Waals surface area contributed by atoms with Crippen LogP contribution in [0.25, 0.3) is 22.6 Å². The Kier molecular flexibility index (Phi) is 5.45. The number of carbonyl (C=O) groups excluding carboxylic acids is 2. The average molecular weight is 448 g/mol. The lowest BCUT2D eigenvalue weighted by Crippen LogP contribution is -2.13. The van der Waals surface area contributed by atoms with Gasteiger partial charge in [-0.25, -0.2) is 9.36 Å². The highest BCUT2D eigenvalue weighted by atomic mass is 16.2. The summed E-state index contributed by atoms with van der Waals surface area (Å²) in [4.78, 5) is 24.5. The van der Waals surface area contributed by atoms with Gasteiger partial charge in [-0.3, -0.25) is 9.59 Å². The summed E-state index contributed by atoms with van der Waals surface area (Å²) in [6, 6.07) is 27.9. The zero-order valence-electron chi connectivity index (χ0n) is 18.0. The van der Waals surface area contributed by atoms with Crippen molar-refractivity contribution in [3.63, 3.8) is 0 Å². The Labute approximate surface area is 195 Å². The van der Waals surface area contributed by atoms with E-state index in [1.54, 1.807) is 52.1 Å². The van der Waals surface area contributed by atoms with Crippen LogP contribution in [-0.2, 0) is 0 Å². The Morgan fingerprint density at radius 3 is 2.03 bits per heavy atom. The second-order valence-electron chi connectivity index (χ2n) is 7.55. The molecular weight excluding hydrogens is 428 g/mol. The third-order valence-corrected chi connectivity index (χ3v) is 5.26. The molecule has 2 aromatic heterocycles. The van der Waals surface area contributed by atoms with Crippen LogP contribution in [0.4, 0.5) is 5.69 Å². The predicted molar refractivity (Wildman–Crippen MR) is 129 cm³/mol. The van der Waals surface area contributed by atoms with Gasteiger partial charge in [-0.1, -0.05) is 48.5 Å². The van der Waals surface area contributed by atoms with Crippen LogP contribution in [0.5, 0.6) is 0 Å². The second kappa shape index (κ2) is 8.87. The molecule has 2 amide bonds. The number of nitrogens with zero attached hydrogens (tertiary/aromatic N) is 4. The van der Waals surface area contributed by atoms with Crippen LogP contribution in [0.2, 0.25) is 0 Å². The van der Waals surface area contributed by atoms with Crippen LogP contribution in [0.3, 0.4) is 0 Å². The lowest BCUT2D eigenvalue weighted by Gasteiger charge is -2.07. The maximum atomic E-state index is 13.3. The minimum atomic E-state index is -0.590. The van der Waals surface area contributed by atoms with Crippen molar-refractivity contribution >= 4 is 17.5 Å². The minimum Gasteiger partial charge on any atom is -0.364 e. The summed E-state index contributed by atoms with van der Waals surface area (Å²) in [5.41, 5.74) is 9.54. The molecule has 5 rings (SSSR count). The molecule has 0 aliphatic carbocycles. The molecule has 3 N–H and O–H groups in total. The van der Waals surface area contributed by atoms with Crippen LogP contribution in [0.1, 0.15) is 20.8 Å². The van der Waals surface area contributed by atoms with Gasteiger partial charge in [0.15, 0.2) is 0 Å². The molecule has 8 nitrogen and oxygen atoms in total. The van der Waals surface area contributed by atoms with Gasteiger partial charge in [0.2, 0.25) is 0 Å². The third-order valence-electron chi connectivity index (χ3n) is 5.26. The number of benzene rings is 3. The molecule has 0 spiro atoms. The number of aromatic nitrogens is 4. The summed E-state index contributed by atoms with van der Waals surface area (Å²) in [6.45, 7) is 0. The molecule has 0 saturated carbocycles. The molecule has 5 aromatic rings. The lowest BCUT2D eigenvalue weighted by molar-refractivity contribution is 0.0993. The van der Waals surface area contributed by atoms with Crippen molar-refractivity contribution in [2.75, 3.05) is 5.32 Å². The molecule has 8 heteroatoms. The first-order chi connectivity index (χ1) is 16.6. The number of hydrogen-bond acceptors (Lipinski definition) is 4. The van der Waals surface area contributed by atoms with E-state index >= 15 is 0 Å². The monoisotopic (exact) mass is 448 g/mol. The average Bonchev–Trinajstić information content (AvgIpc) is 3.54. The number of para-hydroxylation sites is 1. The van der Waals surface area contributed by atoms with Gasteiger partial charge >= 0.3 is 0 Å². The van der Waals surface area contributed by atoms with E-state index in [2.05, 4.69) is 10.4 Å². The van der Waals surface area contributed by atoms with Gasteiger partial charge in [0, 0.05) is 23.6 Å². The topological polar surface area (TPSA) is 108 Å². The molecule has 0 fully saturated rings. The van der Waals surface area contributed by atoms with Gasteiger partial charge in [-0.05, 0) is 42.5 Å². The molecule has 0 saturated heterocycles. The molecule has 3 aromatic carbocycles. The van der Waals surface area contributed by atoms with Crippen molar-refractivity contribution in [2.24, 2.45) is 5.73 Å². The molecular formula is C26H20N6O2. The Bertz CT molecular complexity index is 1450. The highest BCUT2D eigenvalue weighted by molar-refractivity contribution is 6.08. The van der Waals surface area contributed by atoms with Crippen LogP contribution in [0.15, 0.2) is 103 Å². The van der Waals surface area contributed by atoms with Gasteiger partial charge in [-0.15, -0.1) is 0 Å². The highest BCUT2D eigenvalue weighted by Gasteiger charge is 2.19. The number of carbonyl (C=O) groups is 2. The molecule has 2 heterocycles. The number of hydrogen-bond donors (Lipinski definition) is 2. The molecule has 0 aliphatic rings. The summed E-state index contributed by atoms with van der Waals surface area (Å²) >= 11 is 0. The number of amides is 2. The van der Waals surface area contributed by atoms with E-state index in [1.165, 1.54) is 0 Å². The molecule has 166 valence electrons. The maximum Gasteiger partial charge on any atom is 0.269 e. The normalized spacial score (nSPS) is 10.7. The Balaban J connectivity index is 1.43. The Morgan fingerprint density at radius 2 is 1.38 bits per heavy atom. The summed E-state index contributed by atoms with van der Waals surface area (Å²) in [5.74, 6) is -0.864. The van der Waals surface area contributed by atoms with E-state index in [9.17, 15) is 9.59 Å². The van der Waals surface area contributed by atoms with E-state index in [4.69, 9.17) is 10.8 Å². The number of nitrogens with two attached hydrogens (primary N) is 1. The fourth-order valence-corrected chi connectivity index (χ4v) is 3.56. The first-order valence-corrected chi connectivity index (χ1v) is 10.6. The number of anilines is 1. The van der Waals surface area contributed by atoms with E-state index in [-0.39, 0.29) is 11.6 Å². The smallest absolute Gasteiger partial charge is 0.269 e. The molecule has 0 radical (unpaired) electrons. The van der Waals surface area contributed by atoms with Crippen molar-refractivity contribution in [1.82, 2.24) is 19.6 Å². The summed E-state index contributed by atoms with van der Waals surface area (Å²) in [7, 11) is 0. The number of primary amides is 1. The number of nitrogens with one attached hydrogen (secondary N) is 1. The lowest BCUT2D eigenvalue weighted by atomic mass is 10.1. The molecule has 0 unspecified atom stereocenters. The standard InChI is InChI=1S/C26H20N6O2/c27-25(33)23-15-16-31(29-23)21-13-11-19(12-14-21)28-26(34)22-17-32(20-9-5-2-6-10-20)30-24(22)18-7-3-1-4-8-18/h1-17H,(H2,27,33)(H,28,34). The summed E-state index contributed by atoms with van der Waals surface area (Å²) < 4.78 is 3.25. The SMILES string of the molecule is NC(=O)c1ccn(-c2ccc(NC(=O)c3cn(-c4ccccc4)nc3-c3ccccc3)cc2)n1. The van der Waals surface area contributed by atoms with Gasteiger partial charge in [-0.2, -0.15) is 10.2 Å². The van der Waals surface area contributed by atoms with Gasteiger partial charge < -0.3 is 11.1 Å².